The molecule has 0 radical (unpaired) electrons. The highest BCUT2D eigenvalue weighted by atomic mass is 19.1. The molecule has 1 saturated carbocycles. The molecule has 4 nitrogen and oxygen atoms in total. The van der Waals surface area contributed by atoms with E-state index < -0.39 is 12.6 Å². The quantitative estimate of drug-likeness (QED) is 0.447. The smallest absolute Gasteiger partial charge is 0.306 e. The van der Waals surface area contributed by atoms with Crippen LogP contribution in [-0.4, -0.2) is 34.2 Å². The molecule has 3 fully saturated rings. The van der Waals surface area contributed by atoms with Gasteiger partial charge in [0.1, 0.15) is 12.4 Å². The maximum absolute atomic E-state index is 14.4. The largest absolute Gasteiger partial charge is 0.490 e. The van der Waals surface area contributed by atoms with E-state index in [0.717, 1.165) is 55.2 Å². The van der Waals surface area contributed by atoms with Crippen LogP contribution in [0.15, 0.2) is 30.3 Å². The topological polar surface area (TPSA) is 49.8 Å². The van der Waals surface area contributed by atoms with E-state index in [4.69, 9.17) is 4.74 Å². The van der Waals surface area contributed by atoms with Gasteiger partial charge in [-0.1, -0.05) is 38.0 Å². The molecule has 190 valence electrons. The Bertz CT molecular complexity index is 1030. The Labute approximate surface area is 208 Å². The van der Waals surface area contributed by atoms with E-state index in [-0.39, 0.29) is 18.1 Å². The molecule has 3 atom stereocenters. The molecule has 2 aromatic carbocycles. The van der Waals surface area contributed by atoms with E-state index in [1.54, 1.807) is 0 Å². The number of ether oxygens (including phenoxy) is 1. The van der Waals surface area contributed by atoms with E-state index >= 15 is 0 Å². The SMILES string of the molecule is CC[C@H]1CC[C@@H](Oc2ccc3ccc([C@@H](C)N4C5CCCC4CC(C(=O)O)C5)cc3c2CF)CC1. The number of rotatable bonds is 7. The summed E-state index contributed by atoms with van der Waals surface area (Å²) >= 11 is 0. The lowest BCUT2D eigenvalue weighted by molar-refractivity contribution is -0.147. The normalized spacial score (nSPS) is 30.2. The van der Waals surface area contributed by atoms with Crippen LogP contribution in [0.5, 0.6) is 5.75 Å². The second-order valence-electron chi connectivity index (χ2n) is 11.2. The molecule has 2 aromatic rings. The zero-order chi connectivity index (χ0) is 24.5. The van der Waals surface area contributed by atoms with Gasteiger partial charge in [0.2, 0.25) is 0 Å². The van der Waals surface area contributed by atoms with Crippen LogP contribution in [0.2, 0.25) is 0 Å². The van der Waals surface area contributed by atoms with Crippen molar-refractivity contribution in [1.29, 1.82) is 0 Å². The number of piperidine rings is 2. The van der Waals surface area contributed by atoms with Crippen molar-refractivity contribution in [2.24, 2.45) is 11.8 Å². The Kier molecular flexibility index (Phi) is 7.34. The third kappa shape index (κ3) is 4.94. The zero-order valence-corrected chi connectivity index (χ0v) is 21.2. The first kappa shape index (κ1) is 24.5. The van der Waals surface area contributed by atoms with Gasteiger partial charge in [-0.2, -0.15) is 0 Å². The molecule has 0 aromatic heterocycles. The van der Waals surface area contributed by atoms with Crippen molar-refractivity contribution in [2.75, 3.05) is 0 Å². The zero-order valence-electron chi connectivity index (χ0n) is 21.2. The van der Waals surface area contributed by atoms with Crippen molar-refractivity contribution in [1.82, 2.24) is 4.90 Å². The summed E-state index contributed by atoms with van der Waals surface area (Å²) in [6, 6.07) is 11.2. The summed E-state index contributed by atoms with van der Waals surface area (Å²) in [6.07, 6.45) is 10.7. The summed E-state index contributed by atoms with van der Waals surface area (Å²) in [4.78, 5) is 14.3. The number of benzene rings is 2. The number of hydrogen-bond donors (Lipinski definition) is 1. The lowest BCUT2D eigenvalue weighted by Gasteiger charge is -2.51. The van der Waals surface area contributed by atoms with Gasteiger partial charge in [0.05, 0.1) is 12.0 Å². The molecule has 35 heavy (non-hydrogen) atoms. The molecule has 2 bridgehead atoms. The maximum atomic E-state index is 14.4. The Balaban J connectivity index is 1.40. The van der Waals surface area contributed by atoms with E-state index in [0.29, 0.717) is 23.4 Å². The van der Waals surface area contributed by atoms with Crippen LogP contribution in [0.1, 0.15) is 95.2 Å². The lowest BCUT2D eigenvalue weighted by Crippen LogP contribution is -2.53. The van der Waals surface area contributed by atoms with Crippen molar-refractivity contribution >= 4 is 16.7 Å². The number of hydrogen-bond acceptors (Lipinski definition) is 3. The van der Waals surface area contributed by atoms with E-state index in [2.05, 4.69) is 43.0 Å². The van der Waals surface area contributed by atoms with Gasteiger partial charge in [-0.05, 0) is 92.7 Å². The third-order valence-corrected chi connectivity index (χ3v) is 9.22. The number of nitrogens with zero attached hydrogens (tertiary/aromatic N) is 1. The van der Waals surface area contributed by atoms with Gasteiger partial charge in [0.25, 0.3) is 0 Å². The third-order valence-electron chi connectivity index (χ3n) is 9.22. The molecule has 2 saturated heterocycles. The molecule has 5 heteroatoms. The molecular weight excluding hydrogens is 441 g/mol. The summed E-state index contributed by atoms with van der Waals surface area (Å²) < 4.78 is 20.8. The van der Waals surface area contributed by atoms with Crippen LogP contribution in [0.4, 0.5) is 4.39 Å². The predicted molar refractivity (Wildman–Crippen MR) is 137 cm³/mol. The number of aliphatic carboxylic acids is 1. The van der Waals surface area contributed by atoms with Gasteiger partial charge in [-0.15, -0.1) is 0 Å². The fourth-order valence-electron chi connectivity index (χ4n) is 7.15. The van der Waals surface area contributed by atoms with Crippen molar-refractivity contribution in [3.63, 3.8) is 0 Å². The van der Waals surface area contributed by atoms with Crippen molar-refractivity contribution in [3.8, 4) is 5.75 Å². The molecule has 5 rings (SSSR count). The number of fused-ring (bicyclic) bond motifs is 3. The van der Waals surface area contributed by atoms with Gasteiger partial charge < -0.3 is 9.84 Å². The van der Waals surface area contributed by atoms with Crippen LogP contribution in [0.3, 0.4) is 0 Å². The molecular formula is C30H40FNO3. The first-order chi connectivity index (χ1) is 17.0. The summed E-state index contributed by atoms with van der Waals surface area (Å²) in [6.45, 7) is 3.95. The average Bonchev–Trinajstić information content (AvgIpc) is 2.87. The van der Waals surface area contributed by atoms with Crippen LogP contribution in [-0.2, 0) is 11.5 Å². The van der Waals surface area contributed by atoms with Crippen LogP contribution in [0, 0.1) is 11.8 Å². The van der Waals surface area contributed by atoms with E-state index in [1.807, 2.05) is 6.07 Å². The van der Waals surface area contributed by atoms with Gasteiger partial charge in [-0.25, -0.2) is 4.39 Å². The summed E-state index contributed by atoms with van der Waals surface area (Å²) in [5.41, 5.74) is 1.84. The molecule has 0 amide bonds. The van der Waals surface area contributed by atoms with Crippen LogP contribution >= 0.6 is 0 Å². The molecule has 1 aliphatic carbocycles. The fraction of sp³-hybridized carbons (Fsp3) is 0.633. The second-order valence-corrected chi connectivity index (χ2v) is 11.2. The Morgan fingerprint density at radius 1 is 1.09 bits per heavy atom. The minimum Gasteiger partial charge on any atom is -0.490 e. The summed E-state index contributed by atoms with van der Waals surface area (Å²) in [5, 5.41) is 11.6. The number of carbonyl (C=O) groups is 1. The lowest BCUT2D eigenvalue weighted by atomic mass is 9.77. The molecule has 2 unspecified atom stereocenters. The van der Waals surface area contributed by atoms with Gasteiger partial charge >= 0.3 is 5.97 Å². The average molecular weight is 482 g/mol. The minimum absolute atomic E-state index is 0.172. The molecule has 2 aliphatic heterocycles. The van der Waals surface area contributed by atoms with Crippen molar-refractivity contribution < 1.29 is 19.0 Å². The summed E-state index contributed by atoms with van der Waals surface area (Å²) in [5.74, 6) is 0.624. The molecule has 0 spiro atoms. The van der Waals surface area contributed by atoms with Crippen LogP contribution < -0.4 is 4.74 Å². The summed E-state index contributed by atoms with van der Waals surface area (Å²) in [7, 11) is 0. The first-order valence-corrected chi connectivity index (χ1v) is 13.8. The monoisotopic (exact) mass is 481 g/mol. The second kappa shape index (κ2) is 10.5. The highest BCUT2D eigenvalue weighted by molar-refractivity contribution is 5.88. The Morgan fingerprint density at radius 2 is 1.77 bits per heavy atom. The number of carboxylic acids is 1. The van der Waals surface area contributed by atoms with E-state index in [1.165, 1.54) is 31.2 Å². The Hall–Kier alpha value is -2.14. The van der Waals surface area contributed by atoms with Gasteiger partial charge in [0.15, 0.2) is 0 Å². The number of halogens is 1. The number of carboxylic acid groups (broad SMARTS) is 1. The van der Waals surface area contributed by atoms with Crippen LogP contribution in [0.25, 0.3) is 10.8 Å². The molecule has 2 heterocycles. The Morgan fingerprint density at radius 3 is 2.40 bits per heavy atom. The molecule has 3 aliphatic rings. The first-order valence-electron chi connectivity index (χ1n) is 13.8. The van der Waals surface area contributed by atoms with Crippen molar-refractivity contribution in [2.45, 2.75) is 109 Å². The fourth-order valence-corrected chi connectivity index (χ4v) is 7.15. The number of alkyl halides is 1. The van der Waals surface area contributed by atoms with Crippen molar-refractivity contribution in [3.05, 3.63) is 41.5 Å². The highest BCUT2D eigenvalue weighted by Gasteiger charge is 2.42. The van der Waals surface area contributed by atoms with E-state index in [9.17, 15) is 14.3 Å². The standard InChI is InChI=1S/C30H40FNO3/c1-3-20-7-12-26(13-8-20)35-29-14-11-21-9-10-22(17-27(21)28(29)18-31)19(2)32-24-5-4-6-25(32)16-23(15-24)30(33)34/h9-11,14,17,19-20,23-26H,3-8,12-13,15-16,18H2,1-2H3,(H,33,34)/t19-,20-,23?,24?,25?,26+/m1/s1. The highest BCUT2D eigenvalue weighted by Crippen LogP contribution is 2.43. The van der Waals surface area contributed by atoms with Gasteiger partial charge in [-0.3, -0.25) is 9.69 Å². The van der Waals surface area contributed by atoms with Gasteiger partial charge in [0, 0.05) is 23.7 Å². The molecule has 1 N–H and O–H groups in total. The predicted octanol–water partition coefficient (Wildman–Crippen LogP) is 7.44. The maximum Gasteiger partial charge on any atom is 0.306 e. The minimum atomic E-state index is -0.650.